The van der Waals surface area contributed by atoms with Crippen molar-refractivity contribution in [2.45, 2.75) is 33.1 Å². The van der Waals surface area contributed by atoms with E-state index in [1.807, 2.05) is 12.1 Å². The summed E-state index contributed by atoms with van der Waals surface area (Å²) in [5.41, 5.74) is 1.15. The third kappa shape index (κ3) is 5.29. The zero-order chi connectivity index (χ0) is 12.7. The molecular weight excluding hydrogens is 253 g/mol. The lowest BCUT2D eigenvalue weighted by molar-refractivity contribution is 0.498. The van der Waals surface area contributed by atoms with E-state index < -0.39 is 0 Å². The summed E-state index contributed by atoms with van der Waals surface area (Å²) in [6.07, 6.45) is 3.35. The molecule has 0 fully saturated rings. The van der Waals surface area contributed by atoms with Crippen LogP contribution in [0.4, 0.5) is 0 Å². The molecule has 3 heteroatoms. The topological polar surface area (TPSA) is 12.0 Å². The molecule has 0 aliphatic heterocycles. The van der Waals surface area contributed by atoms with Crippen LogP contribution in [0.5, 0.6) is 0 Å². The highest BCUT2D eigenvalue weighted by atomic mass is 35.5. The summed E-state index contributed by atoms with van der Waals surface area (Å²) in [4.78, 5) is 0. The van der Waals surface area contributed by atoms with Gasteiger partial charge in [0, 0.05) is 0 Å². The second kappa shape index (κ2) is 7.97. The molecule has 0 heterocycles. The van der Waals surface area contributed by atoms with E-state index >= 15 is 0 Å². The van der Waals surface area contributed by atoms with E-state index in [0.717, 1.165) is 25.1 Å². The first-order valence-corrected chi connectivity index (χ1v) is 7.04. The molecule has 0 radical (unpaired) electrons. The largest absolute Gasteiger partial charge is 0.317 e. The van der Waals surface area contributed by atoms with Crippen molar-refractivity contribution in [3.05, 3.63) is 33.8 Å². The van der Waals surface area contributed by atoms with E-state index in [0.29, 0.717) is 16.0 Å². The molecule has 1 N–H and O–H groups in total. The summed E-state index contributed by atoms with van der Waals surface area (Å²) in [5, 5.41) is 4.78. The third-order valence-corrected chi connectivity index (χ3v) is 3.70. The van der Waals surface area contributed by atoms with Crippen LogP contribution in [0, 0.1) is 5.92 Å². The molecule has 0 aromatic heterocycles. The van der Waals surface area contributed by atoms with Crippen LogP contribution >= 0.6 is 23.2 Å². The highest BCUT2D eigenvalue weighted by Crippen LogP contribution is 2.27. The van der Waals surface area contributed by atoms with E-state index in [9.17, 15) is 0 Å². The Morgan fingerprint density at radius 2 is 2.00 bits per heavy atom. The number of hydrogen-bond donors (Lipinski definition) is 1. The number of nitrogens with one attached hydrogen (secondary N) is 1. The van der Waals surface area contributed by atoms with Gasteiger partial charge in [0.15, 0.2) is 0 Å². The highest BCUT2D eigenvalue weighted by molar-refractivity contribution is 6.42. The molecule has 0 aliphatic carbocycles. The van der Waals surface area contributed by atoms with Crippen molar-refractivity contribution in [2.75, 3.05) is 13.1 Å². The quantitative estimate of drug-likeness (QED) is 0.718. The maximum Gasteiger partial charge on any atom is 0.0624 e. The lowest BCUT2D eigenvalue weighted by atomic mass is 9.98. The molecule has 0 saturated heterocycles. The van der Waals surface area contributed by atoms with Gasteiger partial charge in [0.2, 0.25) is 0 Å². The van der Waals surface area contributed by atoms with Gasteiger partial charge in [-0.15, -0.1) is 0 Å². The first-order valence-electron chi connectivity index (χ1n) is 6.28. The molecule has 0 bridgehead atoms. The number of benzene rings is 1. The van der Waals surface area contributed by atoms with Crippen molar-refractivity contribution in [3.63, 3.8) is 0 Å². The van der Waals surface area contributed by atoms with Crippen molar-refractivity contribution in [3.8, 4) is 0 Å². The van der Waals surface area contributed by atoms with Crippen LogP contribution in [0.15, 0.2) is 18.2 Å². The van der Waals surface area contributed by atoms with Gasteiger partial charge in [-0.1, -0.05) is 49.2 Å². The van der Waals surface area contributed by atoms with Crippen LogP contribution in [0.3, 0.4) is 0 Å². The lowest BCUT2D eigenvalue weighted by Gasteiger charge is -2.13. The molecule has 1 unspecified atom stereocenters. The van der Waals surface area contributed by atoms with Crippen molar-refractivity contribution in [2.24, 2.45) is 5.92 Å². The Bertz CT molecular complexity index is 339. The molecule has 0 saturated carbocycles. The van der Waals surface area contributed by atoms with Crippen molar-refractivity contribution in [1.82, 2.24) is 5.32 Å². The van der Waals surface area contributed by atoms with E-state index in [2.05, 4.69) is 25.2 Å². The monoisotopic (exact) mass is 273 g/mol. The van der Waals surface area contributed by atoms with Crippen molar-refractivity contribution < 1.29 is 0 Å². The molecule has 1 aromatic rings. The van der Waals surface area contributed by atoms with Gasteiger partial charge in [0.1, 0.15) is 0 Å². The zero-order valence-electron chi connectivity index (χ0n) is 10.6. The van der Waals surface area contributed by atoms with Gasteiger partial charge in [-0.05, 0) is 49.9 Å². The van der Waals surface area contributed by atoms with E-state index in [1.54, 1.807) is 0 Å². The van der Waals surface area contributed by atoms with E-state index in [1.165, 1.54) is 12.8 Å². The van der Waals surface area contributed by atoms with Crippen molar-refractivity contribution in [1.29, 1.82) is 0 Å². The Balaban J connectivity index is 2.39. The minimum atomic E-state index is 0.621. The highest BCUT2D eigenvalue weighted by Gasteiger charge is 2.08. The van der Waals surface area contributed by atoms with Crippen LogP contribution < -0.4 is 5.32 Å². The summed E-state index contributed by atoms with van der Waals surface area (Å²) in [7, 11) is 0. The van der Waals surface area contributed by atoms with Crippen LogP contribution in [-0.4, -0.2) is 13.1 Å². The van der Waals surface area contributed by atoms with E-state index in [4.69, 9.17) is 23.2 Å². The fraction of sp³-hybridized carbons (Fsp3) is 0.571. The zero-order valence-corrected chi connectivity index (χ0v) is 12.1. The summed E-state index contributed by atoms with van der Waals surface area (Å²) in [6.45, 7) is 6.62. The van der Waals surface area contributed by atoms with Gasteiger partial charge < -0.3 is 5.32 Å². The Kier molecular flexibility index (Phi) is 6.94. The molecule has 1 aromatic carbocycles. The fourth-order valence-electron chi connectivity index (χ4n) is 1.83. The SMILES string of the molecule is CCCNCCC(C)Cc1cccc(Cl)c1Cl. The maximum atomic E-state index is 6.17. The molecule has 1 atom stereocenters. The van der Waals surface area contributed by atoms with Gasteiger partial charge in [0.05, 0.1) is 10.0 Å². The molecular formula is C14H21Cl2N. The van der Waals surface area contributed by atoms with Crippen LogP contribution in [0.1, 0.15) is 32.3 Å². The van der Waals surface area contributed by atoms with Gasteiger partial charge >= 0.3 is 0 Å². The summed E-state index contributed by atoms with van der Waals surface area (Å²) in [5.74, 6) is 0.621. The first-order chi connectivity index (χ1) is 8.15. The van der Waals surface area contributed by atoms with Gasteiger partial charge in [-0.3, -0.25) is 0 Å². The molecule has 1 rings (SSSR count). The molecule has 96 valence electrons. The molecule has 1 nitrogen and oxygen atoms in total. The Morgan fingerprint density at radius 1 is 1.24 bits per heavy atom. The Labute approximate surface area is 115 Å². The molecule has 0 spiro atoms. The minimum Gasteiger partial charge on any atom is -0.317 e. The van der Waals surface area contributed by atoms with Gasteiger partial charge in [0.25, 0.3) is 0 Å². The van der Waals surface area contributed by atoms with Crippen LogP contribution in [-0.2, 0) is 6.42 Å². The Hall–Kier alpha value is -0.240. The van der Waals surface area contributed by atoms with E-state index in [-0.39, 0.29) is 0 Å². The summed E-state index contributed by atoms with van der Waals surface area (Å²) in [6, 6.07) is 5.86. The number of halogens is 2. The normalized spacial score (nSPS) is 12.7. The predicted molar refractivity (Wildman–Crippen MR) is 77.1 cm³/mol. The average Bonchev–Trinajstić information content (AvgIpc) is 2.31. The fourth-order valence-corrected chi connectivity index (χ4v) is 2.23. The lowest BCUT2D eigenvalue weighted by Crippen LogP contribution is -2.18. The maximum absolute atomic E-state index is 6.17. The molecule has 17 heavy (non-hydrogen) atoms. The number of hydrogen-bond acceptors (Lipinski definition) is 1. The summed E-state index contributed by atoms with van der Waals surface area (Å²) >= 11 is 12.2. The van der Waals surface area contributed by atoms with Gasteiger partial charge in [-0.25, -0.2) is 0 Å². The van der Waals surface area contributed by atoms with Crippen LogP contribution in [0.25, 0.3) is 0 Å². The number of rotatable bonds is 7. The molecule has 0 aliphatic rings. The third-order valence-electron chi connectivity index (χ3n) is 2.84. The smallest absolute Gasteiger partial charge is 0.0624 e. The second-order valence-electron chi connectivity index (χ2n) is 4.56. The second-order valence-corrected chi connectivity index (χ2v) is 5.35. The molecule has 0 amide bonds. The van der Waals surface area contributed by atoms with Gasteiger partial charge in [-0.2, -0.15) is 0 Å². The predicted octanol–water partition coefficient (Wildman–Crippen LogP) is 4.56. The first kappa shape index (κ1) is 14.8. The Morgan fingerprint density at radius 3 is 2.71 bits per heavy atom. The summed E-state index contributed by atoms with van der Waals surface area (Å²) < 4.78 is 0. The minimum absolute atomic E-state index is 0.621. The van der Waals surface area contributed by atoms with Crippen molar-refractivity contribution >= 4 is 23.2 Å². The van der Waals surface area contributed by atoms with Crippen LogP contribution in [0.2, 0.25) is 10.0 Å². The average molecular weight is 274 g/mol. The standard InChI is InChI=1S/C14H21Cl2N/c1-3-8-17-9-7-11(2)10-12-5-4-6-13(15)14(12)16/h4-6,11,17H,3,7-10H2,1-2H3.